The second-order valence-corrected chi connectivity index (χ2v) is 4.41. The lowest BCUT2D eigenvalue weighted by atomic mass is 10.2. The van der Waals surface area contributed by atoms with Gasteiger partial charge in [0, 0.05) is 28.5 Å². The van der Waals surface area contributed by atoms with Crippen molar-refractivity contribution in [3.05, 3.63) is 33.9 Å². The van der Waals surface area contributed by atoms with Crippen LogP contribution in [0.15, 0.2) is 28.7 Å². The van der Waals surface area contributed by atoms with Crippen LogP contribution in [0.5, 0.6) is 0 Å². The summed E-state index contributed by atoms with van der Waals surface area (Å²) in [4.78, 5) is 0. The molecule has 0 amide bonds. The normalized spacial score (nSPS) is 11.1. The molecule has 0 radical (unpaired) electrons. The van der Waals surface area contributed by atoms with Gasteiger partial charge in [0.15, 0.2) is 0 Å². The summed E-state index contributed by atoms with van der Waals surface area (Å²) in [5.41, 5.74) is 6.65. The molecule has 0 saturated carbocycles. The van der Waals surface area contributed by atoms with Crippen LogP contribution in [0.3, 0.4) is 0 Å². The number of hydrogen-bond acceptors (Lipinski definition) is 1. The van der Waals surface area contributed by atoms with Crippen molar-refractivity contribution in [3.63, 3.8) is 0 Å². The van der Waals surface area contributed by atoms with E-state index in [4.69, 9.17) is 17.3 Å². The third-order valence-corrected chi connectivity index (χ3v) is 2.97. The SMILES string of the molecule is NCCn1c(Cl)cc2cc(Br)ccc21. The average Bonchev–Trinajstić information content (AvgIpc) is 2.43. The number of benzene rings is 1. The predicted molar refractivity (Wildman–Crippen MR) is 63.7 cm³/mol. The number of nitrogens with zero attached hydrogens (tertiary/aromatic N) is 1. The fourth-order valence-electron chi connectivity index (χ4n) is 1.56. The molecule has 4 heteroatoms. The van der Waals surface area contributed by atoms with Crippen molar-refractivity contribution in [2.45, 2.75) is 6.54 Å². The first-order valence-electron chi connectivity index (χ1n) is 4.37. The van der Waals surface area contributed by atoms with Gasteiger partial charge in [-0.1, -0.05) is 27.5 Å². The molecule has 0 aliphatic heterocycles. The maximum absolute atomic E-state index is 6.09. The number of nitrogens with two attached hydrogens (primary N) is 1. The van der Waals surface area contributed by atoms with Gasteiger partial charge in [-0.25, -0.2) is 0 Å². The van der Waals surface area contributed by atoms with E-state index >= 15 is 0 Å². The molecule has 0 bridgehead atoms. The Hall–Kier alpha value is -0.510. The van der Waals surface area contributed by atoms with Gasteiger partial charge in [-0.15, -0.1) is 0 Å². The van der Waals surface area contributed by atoms with Gasteiger partial charge in [-0.2, -0.15) is 0 Å². The molecule has 0 aliphatic rings. The van der Waals surface area contributed by atoms with Crippen LogP contribution in [0.25, 0.3) is 10.9 Å². The van der Waals surface area contributed by atoms with E-state index in [9.17, 15) is 0 Å². The van der Waals surface area contributed by atoms with Gasteiger partial charge in [0.2, 0.25) is 0 Å². The van der Waals surface area contributed by atoms with Crippen LogP contribution in [0.2, 0.25) is 5.15 Å². The molecule has 0 fully saturated rings. The van der Waals surface area contributed by atoms with Crippen molar-refractivity contribution in [1.29, 1.82) is 0 Å². The minimum atomic E-state index is 0.597. The van der Waals surface area contributed by atoms with Crippen molar-refractivity contribution in [2.75, 3.05) is 6.54 Å². The Bertz CT molecular complexity index is 464. The first kappa shape index (κ1) is 10.0. The topological polar surface area (TPSA) is 30.9 Å². The highest BCUT2D eigenvalue weighted by atomic mass is 79.9. The molecule has 2 aromatic rings. The second kappa shape index (κ2) is 3.93. The molecule has 1 aromatic heterocycles. The number of halogens is 2. The summed E-state index contributed by atoms with van der Waals surface area (Å²) in [5, 5.41) is 1.88. The van der Waals surface area contributed by atoms with Gasteiger partial charge < -0.3 is 10.3 Å². The van der Waals surface area contributed by atoms with Crippen molar-refractivity contribution in [2.24, 2.45) is 5.73 Å². The van der Waals surface area contributed by atoms with E-state index in [2.05, 4.69) is 15.9 Å². The van der Waals surface area contributed by atoms with E-state index in [0.29, 0.717) is 6.54 Å². The van der Waals surface area contributed by atoms with Crippen molar-refractivity contribution in [3.8, 4) is 0 Å². The Kier molecular flexibility index (Phi) is 2.81. The summed E-state index contributed by atoms with van der Waals surface area (Å²) in [6.07, 6.45) is 0. The fourth-order valence-corrected chi connectivity index (χ4v) is 2.24. The Labute approximate surface area is 95.8 Å². The van der Waals surface area contributed by atoms with Gasteiger partial charge >= 0.3 is 0 Å². The smallest absolute Gasteiger partial charge is 0.110 e. The van der Waals surface area contributed by atoms with Gasteiger partial charge in [0.05, 0.1) is 0 Å². The minimum absolute atomic E-state index is 0.597. The maximum atomic E-state index is 6.09. The van der Waals surface area contributed by atoms with E-state index in [1.807, 2.05) is 28.8 Å². The molecule has 0 spiro atoms. The maximum Gasteiger partial charge on any atom is 0.110 e. The molecule has 0 aliphatic carbocycles. The number of rotatable bonds is 2. The molecular weight excluding hydrogens is 263 g/mol. The largest absolute Gasteiger partial charge is 0.330 e. The Morgan fingerprint density at radius 1 is 1.36 bits per heavy atom. The lowest BCUT2D eigenvalue weighted by molar-refractivity contribution is 0.736. The van der Waals surface area contributed by atoms with Gasteiger partial charge in [0.25, 0.3) is 0 Å². The number of aromatic nitrogens is 1. The number of fused-ring (bicyclic) bond motifs is 1. The summed E-state index contributed by atoms with van der Waals surface area (Å²) in [6, 6.07) is 8.05. The molecule has 2 rings (SSSR count). The molecule has 2 nitrogen and oxygen atoms in total. The lowest BCUT2D eigenvalue weighted by Crippen LogP contribution is -2.09. The van der Waals surface area contributed by atoms with E-state index in [-0.39, 0.29) is 0 Å². The summed E-state index contributed by atoms with van der Waals surface area (Å²) < 4.78 is 3.08. The van der Waals surface area contributed by atoms with Crippen LogP contribution < -0.4 is 5.73 Å². The molecule has 1 heterocycles. The van der Waals surface area contributed by atoms with E-state index in [1.54, 1.807) is 0 Å². The van der Waals surface area contributed by atoms with Gasteiger partial charge in [-0.3, -0.25) is 0 Å². The Morgan fingerprint density at radius 3 is 2.86 bits per heavy atom. The molecule has 0 unspecified atom stereocenters. The first-order chi connectivity index (χ1) is 6.72. The molecule has 2 N–H and O–H groups in total. The molecule has 1 aromatic carbocycles. The highest BCUT2D eigenvalue weighted by molar-refractivity contribution is 9.10. The highest BCUT2D eigenvalue weighted by Crippen LogP contribution is 2.26. The van der Waals surface area contributed by atoms with Crippen LogP contribution in [-0.4, -0.2) is 11.1 Å². The van der Waals surface area contributed by atoms with Crippen molar-refractivity contribution < 1.29 is 0 Å². The predicted octanol–water partition coefficient (Wildman–Crippen LogP) is 3.02. The summed E-state index contributed by atoms with van der Waals surface area (Å²) in [6.45, 7) is 1.35. The van der Waals surface area contributed by atoms with E-state index in [0.717, 1.165) is 27.1 Å². The van der Waals surface area contributed by atoms with Crippen molar-refractivity contribution >= 4 is 38.4 Å². The molecule has 0 atom stereocenters. The zero-order chi connectivity index (χ0) is 10.1. The van der Waals surface area contributed by atoms with E-state index < -0.39 is 0 Å². The summed E-state index contributed by atoms with van der Waals surface area (Å²) in [5.74, 6) is 0. The molecule has 0 saturated heterocycles. The Morgan fingerprint density at radius 2 is 2.14 bits per heavy atom. The number of hydrogen-bond donors (Lipinski definition) is 1. The zero-order valence-electron chi connectivity index (χ0n) is 7.50. The summed E-state index contributed by atoms with van der Waals surface area (Å²) in [7, 11) is 0. The van der Waals surface area contributed by atoms with Gasteiger partial charge in [0.1, 0.15) is 5.15 Å². The average molecular weight is 274 g/mol. The van der Waals surface area contributed by atoms with Gasteiger partial charge in [-0.05, 0) is 24.3 Å². The fraction of sp³-hybridized carbons (Fsp3) is 0.200. The third kappa shape index (κ3) is 1.67. The molecular formula is C10H10BrClN2. The minimum Gasteiger partial charge on any atom is -0.330 e. The van der Waals surface area contributed by atoms with Crippen LogP contribution in [0.1, 0.15) is 0 Å². The molecule has 14 heavy (non-hydrogen) atoms. The standard InChI is InChI=1S/C10H10BrClN2/c11-8-1-2-9-7(5-8)6-10(12)14(9)4-3-13/h1-2,5-6H,3-4,13H2. The monoisotopic (exact) mass is 272 g/mol. The third-order valence-electron chi connectivity index (χ3n) is 2.17. The quantitative estimate of drug-likeness (QED) is 0.896. The van der Waals surface area contributed by atoms with Crippen LogP contribution in [-0.2, 0) is 6.54 Å². The van der Waals surface area contributed by atoms with E-state index in [1.165, 1.54) is 0 Å². The Balaban J connectivity index is 2.64. The lowest BCUT2D eigenvalue weighted by Gasteiger charge is -2.04. The first-order valence-corrected chi connectivity index (χ1v) is 5.54. The highest BCUT2D eigenvalue weighted by Gasteiger charge is 2.05. The molecule has 74 valence electrons. The van der Waals surface area contributed by atoms with Crippen LogP contribution >= 0.6 is 27.5 Å². The summed E-state index contributed by atoms with van der Waals surface area (Å²) >= 11 is 9.52. The zero-order valence-corrected chi connectivity index (χ0v) is 9.85. The van der Waals surface area contributed by atoms with Crippen LogP contribution in [0, 0.1) is 0 Å². The second-order valence-electron chi connectivity index (χ2n) is 3.11. The van der Waals surface area contributed by atoms with Crippen LogP contribution in [0.4, 0.5) is 0 Å². The van der Waals surface area contributed by atoms with Crippen molar-refractivity contribution in [1.82, 2.24) is 4.57 Å².